The van der Waals surface area contributed by atoms with E-state index >= 15 is 0 Å². The molecule has 1 nitrogen and oxygen atoms in total. The topological polar surface area (TPSA) is 9.23 Å². The maximum atomic E-state index is 4.94. The second-order valence-corrected chi connectivity index (χ2v) is 4.12. The molecule has 1 aliphatic carbocycles. The Kier molecular flexibility index (Phi) is 13.9. The van der Waals surface area contributed by atoms with Crippen molar-refractivity contribution in [2.24, 2.45) is 0 Å². The van der Waals surface area contributed by atoms with Gasteiger partial charge in [0.15, 0.2) is 0 Å². The van der Waals surface area contributed by atoms with Crippen molar-refractivity contribution >= 4 is 0 Å². The molecule has 1 aliphatic heterocycles. The molecule has 16 heavy (non-hydrogen) atoms. The van der Waals surface area contributed by atoms with Gasteiger partial charge in [-0.25, -0.2) is 0 Å². The summed E-state index contributed by atoms with van der Waals surface area (Å²) in [4.78, 5) is 0. The van der Waals surface area contributed by atoms with E-state index < -0.39 is 0 Å². The molecule has 0 saturated carbocycles. The average molecular weight is 224 g/mol. The van der Waals surface area contributed by atoms with Crippen LogP contribution in [0.1, 0.15) is 58.8 Å². The van der Waals surface area contributed by atoms with Crippen LogP contribution >= 0.6 is 0 Å². The minimum atomic E-state index is 1.00. The molecule has 0 aromatic carbocycles. The summed E-state index contributed by atoms with van der Waals surface area (Å²) in [6.07, 6.45) is 17.8. The van der Waals surface area contributed by atoms with E-state index in [9.17, 15) is 0 Å². The van der Waals surface area contributed by atoms with E-state index in [1.165, 1.54) is 44.9 Å². The van der Waals surface area contributed by atoms with Crippen LogP contribution in [0.15, 0.2) is 24.3 Å². The lowest BCUT2D eigenvalue weighted by Crippen LogP contribution is -1.74. The molecule has 2 aliphatic rings. The van der Waals surface area contributed by atoms with Gasteiger partial charge in [0.05, 0.1) is 0 Å². The van der Waals surface area contributed by atoms with E-state index in [2.05, 4.69) is 38.2 Å². The number of hydrogen-bond donors (Lipinski definition) is 0. The monoisotopic (exact) mass is 224 g/mol. The molecule has 0 bridgehead atoms. The summed E-state index contributed by atoms with van der Waals surface area (Å²) in [7, 11) is 0. The van der Waals surface area contributed by atoms with Crippen LogP contribution in [0, 0.1) is 0 Å². The maximum absolute atomic E-state index is 4.94. The van der Waals surface area contributed by atoms with Crippen LogP contribution in [0.25, 0.3) is 0 Å². The van der Waals surface area contributed by atoms with Gasteiger partial charge in [-0.3, -0.25) is 0 Å². The second kappa shape index (κ2) is 14.4. The van der Waals surface area contributed by atoms with E-state index in [-0.39, 0.29) is 0 Å². The van der Waals surface area contributed by atoms with Gasteiger partial charge in [-0.1, -0.05) is 44.6 Å². The Balaban J connectivity index is 0.000000241. The van der Waals surface area contributed by atoms with E-state index in [4.69, 9.17) is 4.74 Å². The zero-order chi connectivity index (χ0) is 11.9. The Morgan fingerprint density at radius 3 is 1.25 bits per heavy atom. The highest BCUT2D eigenvalue weighted by molar-refractivity contribution is 4.93. The van der Waals surface area contributed by atoms with Gasteiger partial charge in [-0.2, -0.15) is 0 Å². The highest BCUT2D eigenvalue weighted by Crippen LogP contribution is 2.02. The van der Waals surface area contributed by atoms with Crippen LogP contribution in [0.4, 0.5) is 0 Å². The third-order valence-corrected chi connectivity index (χ3v) is 2.16. The van der Waals surface area contributed by atoms with Crippen LogP contribution in [0.2, 0.25) is 0 Å². The molecule has 0 aromatic heterocycles. The lowest BCUT2D eigenvalue weighted by Gasteiger charge is -1.92. The third-order valence-electron chi connectivity index (χ3n) is 2.16. The summed E-state index contributed by atoms with van der Waals surface area (Å²) in [5, 5.41) is 0. The van der Waals surface area contributed by atoms with Gasteiger partial charge < -0.3 is 4.74 Å². The second-order valence-electron chi connectivity index (χ2n) is 4.12. The van der Waals surface area contributed by atoms with Crippen molar-refractivity contribution in [3.8, 4) is 0 Å². The molecule has 0 amide bonds. The first kappa shape index (κ1) is 15.4. The van der Waals surface area contributed by atoms with Crippen LogP contribution in [-0.4, -0.2) is 13.2 Å². The Morgan fingerprint density at radius 2 is 1.06 bits per heavy atom. The quantitative estimate of drug-likeness (QED) is 0.532. The average Bonchev–Trinajstić information content (AvgIpc) is 2.74. The van der Waals surface area contributed by atoms with Crippen molar-refractivity contribution in [3.05, 3.63) is 24.3 Å². The van der Waals surface area contributed by atoms with E-state index in [1.54, 1.807) is 0 Å². The van der Waals surface area contributed by atoms with E-state index in [0.717, 1.165) is 13.2 Å². The van der Waals surface area contributed by atoms with Crippen LogP contribution in [-0.2, 0) is 4.74 Å². The summed E-state index contributed by atoms with van der Waals surface area (Å²) < 4.78 is 4.94. The van der Waals surface area contributed by atoms with Gasteiger partial charge in [0.25, 0.3) is 0 Å². The van der Waals surface area contributed by atoms with Gasteiger partial charge >= 0.3 is 0 Å². The highest BCUT2D eigenvalue weighted by atomic mass is 16.5. The van der Waals surface area contributed by atoms with Gasteiger partial charge in [0.2, 0.25) is 0 Å². The van der Waals surface area contributed by atoms with Crippen molar-refractivity contribution < 1.29 is 4.74 Å². The van der Waals surface area contributed by atoms with Crippen molar-refractivity contribution in [1.29, 1.82) is 0 Å². The molecule has 1 saturated heterocycles. The Labute approximate surface area is 102 Å². The number of hydrogen-bond acceptors (Lipinski definition) is 1. The molecule has 1 fully saturated rings. The Hall–Kier alpha value is -0.560. The fourth-order valence-corrected chi connectivity index (χ4v) is 1.37. The molecule has 0 radical (unpaired) electrons. The SMILES string of the molecule is C1=CCC/C=C\CC1.C1CCOC1.CCC. The summed E-state index contributed by atoms with van der Waals surface area (Å²) in [5.41, 5.74) is 0. The van der Waals surface area contributed by atoms with Crippen molar-refractivity contribution in [1.82, 2.24) is 0 Å². The van der Waals surface area contributed by atoms with Gasteiger partial charge in [-0.05, 0) is 38.5 Å². The first-order valence-electron chi connectivity index (χ1n) is 6.79. The molecule has 0 atom stereocenters. The van der Waals surface area contributed by atoms with Crippen molar-refractivity contribution in [3.63, 3.8) is 0 Å². The minimum Gasteiger partial charge on any atom is -0.381 e. The smallest absolute Gasteiger partial charge is 0.0466 e. The summed E-state index contributed by atoms with van der Waals surface area (Å²) >= 11 is 0. The normalized spacial score (nSPS) is 20.6. The molecular weight excluding hydrogens is 196 g/mol. The predicted octanol–water partition coefficient (Wildman–Crippen LogP) is 4.89. The van der Waals surface area contributed by atoms with Crippen LogP contribution in [0.3, 0.4) is 0 Å². The molecule has 0 aromatic rings. The molecule has 0 spiro atoms. The molecule has 94 valence electrons. The molecule has 1 heteroatoms. The lowest BCUT2D eigenvalue weighted by molar-refractivity contribution is 0.198. The molecule has 2 rings (SSSR count). The predicted molar refractivity (Wildman–Crippen MR) is 72.8 cm³/mol. The summed E-state index contributed by atoms with van der Waals surface area (Å²) in [5.74, 6) is 0. The van der Waals surface area contributed by atoms with Crippen molar-refractivity contribution in [2.75, 3.05) is 13.2 Å². The fraction of sp³-hybridized carbons (Fsp3) is 0.733. The largest absolute Gasteiger partial charge is 0.381 e. The number of allylic oxidation sites excluding steroid dienone is 4. The van der Waals surface area contributed by atoms with Gasteiger partial charge in [-0.15, -0.1) is 0 Å². The Bertz CT molecular complexity index is 133. The summed E-state index contributed by atoms with van der Waals surface area (Å²) in [6, 6.07) is 0. The standard InChI is InChI=1S/C8H12.C4H8O.C3H8/c1-2-4-6-8-7-5-3-1;1-2-4-5-3-1;1-3-2/h1-2,7-8H,3-6H2;1-4H2;3H2,1-2H3/b2-1-,8-7?;;. The zero-order valence-corrected chi connectivity index (χ0v) is 11.1. The summed E-state index contributed by atoms with van der Waals surface area (Å²) in [6.45, 7) is 6.25. The van der Waals surface area contributed by atoms with Crippen molar-refractivity contribution in [2.45, 2.75) is 58.8 Å². The Morgan fingerprint density at radius 1 is 0.750 bits per heavy atom. The zero-order valence-electron chi connectivity index (χ0n) is 11.1. The first-order valence-corrected chi connectivity index (χ1v) is 6.79. The maximum Gasteiger partial charge on any atom is 0.0466 e. The number of rotatable bonds is 0. The minimum absolute atomic E-state index is 1.00. The lowest BCUT2D eigenvalue weighted by atomic mass is 10.1. The fourth-order valence-electron chi connectivity index (χ4n) is 1.37. The van der Waals surface area contributed by atoms with Crippen LogP contribution in [0.5, 0.6) is 0 Å². The van der Waals surface area contributed by atoms with E-state index in [1.807, 2.05) is 0 Å². The first-order chi connectivity index (χ1) is 7.91. The highest BCUT2D eigenvalue weighted by Gasteiger charge is 1.94. The molecule has 0 unspecified atom stereocenters. The molecule has 1 heterocycles. The third kappa shape index (κ3) is 13.4. The van der Waals surface area contributed by atoms with Gasteiger partial charge in [0, 0.05) is 13.2 Å². The molecule has 0 N–H and O–H groups in total. The molecular formula is C15H28O. The number of ether oxygens (including phenoxy) is 1. The van der Waals surface area contributed by atoms with Crippen LogP contribution < -0.4 is 0 Å². The van der Waals surface area contributed by atoms with E-state index in [0.29, 0.717) is 0 Å². The van der Waals surface area contributed by atoms with Gasteiger partial charge in [0.1, 0.15) is 0 Å².